The quantitative estimate of drug-likeness (QED) is 0.184. The first-order valence-electron chi connectivity index (χ1n) is 16.3. The first-order chi connectivity index (χ1) is 24.2. The molecule has 0 unspecified atom stereocenters. The third kappa shape index (κ3) is 4.86. The van der Waals surface area contributed by atoms with E-state index in [1.54, 1.807) is 22.7 Å². The lowest BCUT2D eigenvalue weighted by molar-refractivity contribution is 1.18. The lowest BCUT2D eigenvalue weighted by Crippen LogP contribution is -1.96. The van der Waals surface area contributed by atoms with Crippen molar-refractivity contribution in [1.29, 1.82) is 0 Å². The largest absolute Gasteiger partial charge is 0.309 e. The Hall–Kier alpha value is -5.88. The Morgan fingerprint density at radius 2 is 0.816 bits per heavy atom. The Balaban J connectivity index is 1.24. The van der Waals surface area contributed by atoms with Crippen LogP contribution in [0.5, 0.6) is 0 Å². The van der Waals surface area contributed by atoms with E-state index in [4.69, 9.17) is 9.97 Å². The molecule has 3 aromatic heterocycles. The van der Waals surface area contributed by atoms with Crippen LogP contribution in [0.15, 0.2) is 164 Å². The highest BCUT2D eigenvalue weighted by atomic mass is 32.1. The Kier molecular flexibility index (Phi) is 6.54. The second-order valence-corrected chi connectivity index (χ2v) is 14.3. The van der Waals surface area contributed by atoms with Gasteiger partial charge in [-0.05, 0) is 101 Å². The maximum absolute atomic E-state index is 5.02. The standard InChI is InChI=1S/C44H27N3S2/c1-3-11-28(12-4-1)32-23-33(29-13-5-2-6-14-29)25-34(24-32)47-39-21-19-30(43-45-37-15-7-9-17-41(37)48-43)26-35(39)36-27-31(20-22-40(36)47)44-46-38-16-8-10-18-42(38)49-44/h1-27H. The summed E-state index contributed by atoms with van der Waals surface area (Å²) in [5.74, 6) is 0. The van der Waals surface area contributed by atoms with Gasteiger partial charge in [0.1, 0.15) is 10.0 Å². The van der Waals surface area contributed by atoms with Crippen LogP contribution in [0.25, 0.3) is 91.3 Å². The molecule has 0 radical (unpaired) electrons. The van der Waals surface area contributed by atoms with Gasteiger partial charge in [0.05, 0.1) is 31.5 Å². The topological polar surface area (TPSA) is 30.7 Å². The number of hydrogen-bond donors (Lipinski definition) is 0. The van der Waals surface area contributed by atoms with Gasteiger partial charge < -0.3 is 4.57 Å². The van der Waals surface area contributed by atoms with Gasteiger partial charge in [0.15, 0.2) is 0 Å². The van der Waals surface area contributed by atoms with Crippen LogP contribution < -0.4 is 0 Å². The molecule has 10 aromatic rings. The van der Waals surface area contributed by atoms with Crippen LogP contribution in [0.2, 0.25) is 0 Å². The third-order valence-corrected chi connectivity index (χ3v) is 11.4. The fourth-order valence-electron chi connectivity index (χ4n) is 6.89. The smallest absolute Gasteiger partial charge is 0.124 e. The van der Waals surface area contributed by atoms with Crippen LogP contribution in [-0.2, 0) is 0 Å². The minimum atomic E-state index is 1.03. The second kappa shape index (κ2) is 11.4. The predicted molar refractivity (Wildman–Crippen MR) is 209 cm³/mol. The average Bonchev–Trinajstić information content (AvgIpc) is 3.89. The molecule has 0 bridgehead atoms. The summed E-state index contributed by atoms with van der Waals surface area (Å²) in [5.41, 5.74) is 12.5. The Morgan fingerprint density at radius 1 is 0.367 bits per heavy atom. The predicted octanol–water partition coefficient (Wildman–Crippen LogP) is 12.7. The van der Waals surface area contributed by atoms with E-state index in [9.17, 15) is 0 Å². The third-order valence-electron chi connectivity index (χ3n) is 9.24. The van der Waals surface area contributed by atoms with Crippen molar-refractivity contribution in [2.45, 2.75) is 0 Å². The molecule has 0 fully saturated rings. The van der Waals surface area contributed by atoms with Gasteiger partial charge in [0.2, 0.25) is 0 Å². The van der Waals surface area contributed by atoms with Gasteiger partial charge in [-0.2, -0.15) is 0 Å². The molecule has 0 spiro atoms. The fourth-order valence-corrected chi connectivity index (χ4v) is 8.82. The van der Waals surface area contributed by atoms with Crippen LogP contribution in [0.4, 0.5) is 0 Å². The van der Waals surface area contributed by atoms with E-state index < -0.39 is 0 Å². The molecule has 49 heavy (non-hydrogen) atoms. The highest BCUT2D eigenvalue weighted by Crippen LogP contribution is 2.41. The van der Waals surface area contributed by atoms with Crippen molar-refractivity contribution in [3.63, 3.8) is 0 Å². The van der Waals surface area contributed by atoms with Crippen LogP contribution in [0.3, 0.4) is 0 Å². The van der Waals surface area contributed by atoms with Crippen molar-refractivity contribution in [3.05, 3.63) is 164 Å². The van der Waals surface area contributed by atoms with Gasteiger partial charge in [-0.15, -0.1) is 22.7 Å². The molecule has 0 atom stereocenters. The molecule has 0 amide bonds. The van der Waals surface area contributed by atoms with Gasteiger partial charge in [0, 0.05) is 27.6 Å². The summed E-state index contributed by atoms with van der Waals surface area (Å²) in [7, 11) is 0. The molecule has 7 aromatic carbocycles. The van der Waals surface area contributed by atoms with Crippen molar-refractivity contribution in [1.82, 2.24) is 14.5 Å². The molecule has 3 heterocycles. The summed E-state index contributed by atoms with van der Waals surface area (Å²) < 4.78 is 4.82. The first-order valence-corrected chi connectivity index (χ1v) is 17.9. The maximum atomic E-state index is 5.02. The minimum absolute atomic E-state index is 1.03. The Morgan fingerprint density at radius 3 is 1.29 bits per heavy atom. The second-order valence-electron chi connectivity index (χ2n) is 12.3. The Bertz CT molecular complexity index is 2570. The number of rotatable bonds is 5. The van der Waals surface area contributed by atoms with Crippen molar-refractivity contribution >= 4 is 64.9 Å². The van der Waals surface area contributed by atoms with E-state index in [0.717, 1.165) is 48.9 Å². The number of nitrogens with zero attached hydrogens (tertiary/aromatic N) is 3. The van der Waals surface area contributed by atoms with Crippen molar-refractivity contribution in [2.75, 3.05) is 0 Å². The van der Waals surface area contributed by atoms with Crippen molar-refractivity contribution in [3.8, 4) is 49.1 Å². The number of benzene rings is 7. The normalized spacial score (nSPS) is 11.7. The van der Waals surface area contributed by atoms with Crippen LogP contribution in [-0.4, -0.2) is 14.5 Å². The molecule has 0 aliphatic carbocycles. The highest BCUT2D eigenvalue weighted by Gasteiger charge is 2.18. The van der Waals surface area contributed by atoms with E-state index in [1.807, 2.05) is 0 Å². The maximum Gasteiger partial charge on any atom is 0.124 e. The molecular weight excluding hydrogens is 635 g/mol. The molecule has 0 aliphatic heterocycles. The number of aromatic nitrogens is 3. The zero-order valence-electron chi connectivity index (χ0n) is 26.2. The van der Waals surface area contributed by atoms with E-state index in [-0.39, 0.29) is 0 Å². The highest BCUT2D eigenvalue weighted by molar-refractivity contribution is 7.22. The van der Waals surface area contributed by atoms with E-state index in [0.29, 0.717) is 0 Å². The van der Waals surface area contributed by atoms with E-state index in [2.05, 4.69) is 168 Å². The zero-order valence-corrected chi connectivity index (χ0v) is 27.9. The number of thiazole rings is 2. The summed E-state index contributed by atoms with van der Waals surface area (Å²) in [5, 5.41) is 4.45. The number of hydrogen-bond acceptors (Lipinski definition) is 4. The van der Waals surface area contributed by atoms with Crippen molar-refractivity contribution < 1.29 is 0 Å². The summed E-state index contributed by atoms with van der Waals surface area (Å²) in [6.07, 6.45) is 0. The van der Waals surface area contributed by atoms with Gasteiger partial charge in [-0.1, -0.05) is 84.9 Å². The van der Waals surface area contributed by atoms with Gasteiger partial charge in [-0.25, -0.2) is 9.97 Å². The first kappa shape index (κ1) is 28.2. The van der Waals surface area contributed by atoms with Gasteiger partial charge >= 0.3 is 0 Å². The lowest BCUT2D eigenvalue weighted by atomic mass is 9.98. The minimum Gasteiger partial charge on any atom is -0.309 e. The summed E-state index contributed by atoms with van der Waals surface area (Å²) in [4.78, 5) is 10.0. The van der Waals surface area contributed by atoms with Crippen LogP contribution >= 0.6 is 22.7 Å². The molecule has 0 saturated heterocycles. The summed E-state index contributed by atoms with van der Waals surface area (Å²) in [6, 6.07) is 58.7. The molecule has 3 nitrogen and oxygen atoms in total. The molecular formula is C44H27N3S2. The molecule has 0 saturated carbocycles. The molecule has 0 N–H and O–H groups in total. The molecule has 5 heteroatoms. The molecule has 0 aliphatic rings. The summed E-state index contributed by atoms with van der Waals surface area (Å²) >= 11 is 3.49. The summed E-state index contributed by atoms with van der Waals surface area (Å²) in [6.45, 7) is 0. The number of fused-ring (bicyclic) bond motifs is 5. The van der Waals surface area contributed by atoms with Gasteiger partial charge in [0.25, 0.3) is 0 Å². The van der Waals surface area contributed by atoms with Crippen LogP contribution in [0.1, 0.15) is 0 Å². The monoisotopic (exact) mass is 661 g/mol. The lowest BCUT2D eigenvalue weighted by Gasteiger charge is -2.14. The zero-order chi connectivity index (χ0) is 32.3. The number of para-hydroxylation sites is 2. The van der Waals surface area contributed by atoms with E-state index in [1.165, 1.54) is 42.4 Å². The fraction of sp³-hybridized carbons (Fsp3) is 0. The van der Waals surface area contributed by atoms with E-state index >= 15 is 0 Å². The Labute approximate surface area is 291 Å². The molecule has 230 valence electrons. The molecule has 10 rings (SSSR count). The van der Waals surface area contributed by atoms with Crippen LogP contribution in [0, 0.1) is 0 Å². The average molecular weight is 662 g/mol. The van der Waals surface area contributed by atoms with Gasteiger partial charge in [-0.3, -0.25) is 0 Å². The SMILES string of the molecule is c1ccc(-c2cc(-c3ccccc3)cc(-n3c4ccc(-c5nc6ccccc6s5)cc4c4cc(-c5nc6ccccc6s5)ccc43)c2)cc1. The van der Waals surface area contributed by atoms with Crippen molar-refractivity contribution in [2.24, 2.45) is 0 Å².